The summed E-state index contributed by atoms with van der Waals surface area (Å²) in [7, 11) is 1.31. The van der Waals surface area contributed by atoms with Gasteiger partial charge in [0.2, 0.25) is 5.91 Å². The Kier molecular flexibility index (Phi) is 5.16. The van der Waals surface area contributed by atoms with Gasteiger partial charge in [0.25, 0.3) is 0 Å². The molecule has 2 amide bonds. The Labute approximate surface area is 113 Å². The third-order valence-electron chi connectivity index (χ3n) is 3.81. The van der Waals surface area contributed by atoms with Gasteiger partial charge >= 0.3 is 6.09 Å². The van der Waals surface area contributed by atoms with E-state index in [-0.39, 0.29) is 11.9 Å². The Morgan fingerprint density at radius 1 is 1.47 bits per heavy atom. The van der Waals surface area contributed by atoms with Crippen molar-refractivity contribution in [1.29, 1.82) is 5.26 Å². The molecule has 6 heteroatoms. The Bertz CT molecular complexity index is 385. The molecule has 1 rings (SSSR count). The van der Waals surface area contributed by atoms with Crippen LogP contribution < -0.4 is 5.32 Å². The van der Waals surface area contributed by atoms with Crippen molar-refractivity contribution >= 4 is 12.0 Å². The second kappa shape index (κ2) is 6.41. The minimum atomic E-state index is -0.930. The SMILES string of the molecule is CCC(C#N)(CC)C(=O)N1CCC(NC(=O)OC)C1. The molecule has 0 aromatic carbocycles. The number of rotatable bonds is 4. The van der Waals surface area contributed by atoms with Gasteiger partial charge in [0.05, 0.1) is 19.2 Å². The monoisotopic (exact) mass is 267 g/mol. The van der Waals surface area contributed by atoms with Crippen molar-refractivity contribution in [3.05, 3.63) is 0 Å². The molecule has 1 unspecified atom stereocenters. The van der Waals surface area contributed by atoms with Crippen LogP contribution in [-0.2, 0) is 9.53 Å². The molecule has 0 spiro atoms. The van der Waals surface area contributed by atoms with E-state index in [2.05, 4.69) is 16.1 Å². The Morgan fingerprint density at radius 3 is 2.58 bits per heavy atom. The molecule has 1 N–H and O–H groups in total. The van der Waals surface area contributed by atoms with Gasteiger partial charge in [0.1, 0.15) is 5.41 Å². The van der Waals surface area contributed by atoms with E-state index in [4.69, 9.17) is 0 Å². The summed E-state index contributed by atoms with van der Waals surface area (Å²) in [6.45, 7) is 4.71. The number of hydrogen-bond donors (Lipinski definition) is 1. The molecule has 0 aromatic heterocycles. The van der Waals surface area contributed by atoms with E-state index in [1.54, 1.807) is 4.90 Å². The second-order valence-electron chi connectivity index (χ2n) is 4.77. The summed E-state index contributed by atoms with van der Waals surface area (Å²) in [6, 6.07) is 2.06. The molecule has 0 aromatic rings. The fourth-order valence-electron chi connectivity index (χ4n) is 2.35. The standard InChI is InChI=1S/C13H21N3O3/c1-4-13(5-2,9-14)11(17)16-7-6-10(8-16)15-12(18)19-3/h10H,4-8H2,1-3H3,(H,15,18). The molecule has 1 aliphatic rings. The molecule has 1 aliphatic heterocycles. The van der Waals surface area contributed by atoms with Crippen LogP contribution in [0.5, 0.6) is 0 Å². The van der Waals surface area contributed by atoms with Crippen molar-refractivity contribution < 1.29 is 14.3 Å². The number of hydrogen-bond acceptors (Lipinski definition) is 4. The number of ether oxygens (including phenoxy) is 1. The third-order valence-corrected chi connectivity index (χ3v) is 3.81. The van der Waals surface area contributed by atoms with E-state index in [0.29, 0.717) is 32.4 Å². The highest BCUT2D eigenvalue weighted by Gasteiger charge is 2.41. The average Bonchev–Trinajstić information content (AvgIpc) is 2.89. The summed E-state index contributed by atoms with van der Waals surface area (Å²) in [5.74, 6) is -0.130. The highest BCUT2D eigenvalue weighted by atomic mass is 16.5. The van der Waals surface area contributed by atoms with E-state index < -0.39 is 11.5 Å². The zero-order valence-corrected chi connectivity index (χ0v) is 11.7. The zero-order valence-electron chi connectivity index (χ0n) is 11.7. The number of alkyl carbamates (subject to hydrolysis) is 1. The first-order valence-electron chi connectivity index (χ1n) is 6.58. The van der Waals surface area contributed by atoms with Gasteiger partial charge in [-0.2, -0.15) is 5.26 Å². The van der Waals surface area contributed by atoms with Crippen LogP contribution >= 0.6 is 0 Å². The van der Waals surface area contributed by atoms with E-state index in [1.165, 1.54) is 7.11 Å². The van der Waals surface area contributed by atoms with Gasteiger partial charge in [-0.3, -0.25) is 4.79 Å². The van der Waals surface area contributed by atoms with Gasteiger partial charge in [-0.15, -0.1) is 0 Å². The van der Waals surface area contributed by atoms with Gasteiger partial charge in [0, 0.05) is 13.1 Å². The fraction of sp³-hybridized carbons (Fsp3) is 0.769. The smallest absolute Gasteiger partial charge is 0.407 e. The van der Waals surface area contributed by atoms with E-state index >= 15 is 0 Å². The largest absolute Gasteiger partial charge is 0.453 e. The quantitative estimate of drug-likeness (QED) is 0.831. The topological polar surface area (TPSA) is 82.4 Å². The van der Waals surface area contributed by atoms with Gasteiger partial charge < -0.3 is 15.0 Å². The van der Waals surface area contributed by atoms with Gasteiger partial charge in [0.15, 0.2) is 0 Å². The second-order valence-corrected chi connectivity index (χ2v) is 4.77. The van der Waals surface area contributed by atoms with Crippen LogP contribution in [0, 0.1) is 16.7 Å². The van der Waals surface area contributed by atoms with Crippen molar-refractivity contribution in [2.45, 2.75) is 39.2 Å². The van der Waals surface area contributed by atoms with Gasteiger partial charge in [-0.25, -0.2) is 4.79 Å². The lowest BCUT2D eigenvalue weighted by molar-refractivity contribution is -0.138. The first-order chi connectivity index (χ1) is 9.02. The molecule has 1 saturated heterocycles. The number of carbonyl (C=O) groups excluding carboxylic acids is 2. The van der Waals surface area contributed by atoms with Gasteiger partial charge in [-0.05, 0) is 19.3 Å². The highest BCUT2D eigenvalue weighted by molar-refractivity contribution is 5.85. The maximum Gasteiger partial charge on any atom is 0.407 e. The van der Waals surface area contributed by atoms with Crippen LogP contribution in [0.3, 0.4) is 0 Å². The zero-order chi connectivity index (χ0) is 14.5. The lowest BCUT2D eigenvalue weighted by atomic mass is 9.82. The minimum absolute atomic E-state index is 0.0958. The number of likely N-dealkylation sites (tertiary alicyclic amines) is 1. The number of nitrogens with one attached hydrogen (secondary N) is 1. The lowest BCUT2D eigenvalue weighted by Gasteiger charge is -2.28. The first kappa shape index (κ1) is 15.3. The summed E-state index contributed by atoms with van der Waals surface area (Å²) >= 11 is 0. The summed E-state index contributed by atoms with van der Waals surface area (Å²) in [5.41, 5.74) is -0.930. The summed E-state index contributed by atoms with van der Waals surface area (Å²) < 4.78 is 4.53. The van der Waals surface area contributed by atoms with Crippen molar-refractivity contribution in [1.82, 2.24) is 10.2 Å². The van der Waals surface area contributed by atoms with Crippen molar-refractivity contribution in [2.75, 3.05) is 20.2 Å². The molecule has 6 nitrogen and oxygen atoms in total. The van der Waals surface area contributed by atoms with E-state index in [0.717, 1.165) is 0 Å². The number of nitrogens with zero attached hydrogens (tertiary/aromatic N) is 2. The Morgan fingerprint density at radius 2 is 2.11 bits per heavy atom. The summed E-state index contributed by atoms with van der Waals surface area (Å²) in [5, 5.41) is 12.0. The predicted molar refractivity (Wildman–Crippen MR) is 69.2 cm³/mol. The number of methoxy groups -OCH3 is 1. The minimum Gasteiger partial charge on any atom is -0.453 e. The molecule has 0 aliphatic carbocycles. The third kappa shape index (κ3) is 3.16. The molecule has 1 heterocycles. The molecule has 19 heavy (non-hydrogen) atoms. The predicted octanol–water partition coefficient (Wildman–Crippen LogP) is 1.27. The normalized spacial score (nSPS) is 18.8. The van der Waals surface area contributed by atoms with Crippen LogP contribution in [-0.4, -0.2) is 43.1 Å². The summed E-state index contributed by atoms with van der Waals surface area (Å²) in [6.07, 6.45) is 1.21. The van der Waals surface area contributed by atoms with Crippen LogP contribution in [0.25, 0.3) is 0 Å². The van der Waals surface area contributed by atoms with Crippen molar-refractivity contribution in [3.63, 3.8) is 0 Å². The molecule has 0 bridgehead atoms. The molecule has 1 fully saturated rings. The number of carbonyl (C=O) groups is 2. The van der Waals surface area contributed by atoms with E-state index in [9.17, 15) is 14.9 Å². The van der Waals surface area contributed by atoms with Crippen LogP contribution in [0.4, 0.5) is 4.79 Å². The number of nitriles is 1. The molecule has 0 radical (unpaired) electrons. The highest BCUT2D eigenvalue weighted by Crippen LogP contribution is 2.29. The maximum absolute atomic E-state index is 12.4. The molecule has 106 valence electrons. The van der Waals surface area contributed by atoms with Crippen LogP contribution in [0.2, 0.25) is 0 Å². The Balaban J connectivity index is 2.66. The average molecular weight is 267 g/mol. The van der Waals surface area contributed by atoms with Crippen LogP contribution in [0.15, 0.2) is 0 Å². The molecule has 1 atom stereocenters. The first-order valence-corrected chi connectivity index (χ1v) is 6.58. The lowest BCUT2D eigenvalue weighted by Crippen LogP contribution is -2.44. The molecular formula is C13H21N3O3. The van der Waals surface area contributed by atoms with Crippen molar-refractivity contribution in [3.8, 4) is 6.07 Å². The molecular weight excluding hydrogens is 246 g/mol. The Hall–Kier alpha value is -1.77. The van der Waals surface area contributed by atoms with E-state index in [1.807, 2.05) is 13.8 Å². The number of amides is 2. The maximum atomic E-state index is 12.4. The van der Waals surface area contributed by atoms with Gasteiger partial charge in [-0.1, -0.05) is 13.8 Å². The fourth-order valence-corrected chi connectivity index (χ4v) is 2.35. The summed E-state index contributed by atoms with van der Waals surface area (Å²) in [4.78, 5) is 25.2. The van der Waals surface area contributed by atoms with Crippen molar-refractivity contribution in [2.24, 2.45) is 5.41 Å². The molecule has 0 saturated carbocycles. The van der Waals surface area contributed by atoms with Crippen LogP contribution in [0.1, 0.15) is 33.1 Å².